The standard InChI is InChI=1S/C13H15FO2S/c14-12-6-5-10(17)7-11(12)13(15)16-8-9-3-1-2-4-9/h5-7,9,17H,1-4,8H2. The molecular formula is C13H15FO2S. The van der Waals surface area contributed by atoms with E-state index < -0.39 is 11.8 Å². The summed E-state index contributed by atoms with van der Waals surface area (Å²) in [5.74, 6) is -0.703. The zero-order valence-corrected chi connectivity index (χ0v) is 10.4. The predicted octanol–water partition coefficient (Wildman–Crippen LogP) is 3.46. The van der Waals surface area contributed by atoms with Gasteiger partial charge in [0.05, 0.1) is 12.2 Å². The molecule has 0 N–H and O–H groups in total. The van der Waals surface area contributed by atoms with Crippen LogP contribution in [-0.4, -0.2) is 12.6 Å². The van der Waals surface area contributed by atoms with E-state index in [1.807, 2.05) is 0 Å². The number of hydrogen-bond acceptors (Lipinski definition) is 3. The predicted molar refractivity (Wildman–Crippen MR) is 65.9 cm³/mol. The Hall–Kier alpha value is -1.03. The lowest BCUT2D eigenvalue weighted by molar-refractivity contribution is 0.0437. The van der Waals surface area contributed by atoms with E-state index in [1.165, 1.54) is 31.0 Å². The number of thiol groups is 1. The molecule has 1 aromatic rings. The van der Waals surface area contributed by atoms with Crippen molar-refractivity contribution in [3.63, 3.8) is 0 Å². The number of ether oxygens (including phenoxy) is 1. The highest BCUT2D eigenvalue weighted by Gasteiger charge is 2.19. The number of hydrogen-bond donors (Lipinski definition) is 1. The van der Waals surface area contributed by atoms with Gasteiger partial charge in [-0.1, -0.05) is 12.8 Å². The molecule has 0 aromatic heterocycles. The molecule has 1 saturated carbocycles. The van der Waals surface area contributed by atoms with Gasteiger partial charge in [-0.15, -0.1) is 12.6 Å². The minimum atomic E-state index is -0.592. The van der Waals surface area contributed by atoms with Crippen LogP contribution in [0.1, 0.15) is 36.0 Å². The molecule has 2 nitrogen and oxygen atoms in total. The van der Waals surface area contributed by atoms with Crippen LogP contribution in [0.25, 0.3) is 0 Å². The average molecular weight is 254 g/mol. The molecule has 0 radical (unpaired) electrons. The number of carbonyl (C=O) groups excluding carboxylic acids is 1. The Morgan fingerprint density at radius 2 is 2.12 bits per heavy atom. The summed E-state index contributed by atoms with van der Waals surface area (Å²) in [6, 6.07) is 4.14. The SMILES string of the molecule is O=C(OCC1CCCC1)c1cc(S)ccc1F. The molecule has 4 heteroatoms. The zero-order valence-electron chi connectivity index (χ0n) is 9.49. The van der Waals surface area contributed by atoms with Crippen LogP contribution in [0.2, 0.25) is 0 Å². The third-order valence-electron chi connectivity index (χ3n) is 3.09. The molecule has 2 rings (SSSR count). The zero-order chi connectivity index (χ0) is 12.3. The smallest absolute Gasteiger partial charge is 0.341 e. The Kier molecular flexibility index (Phi) is 4.05. The first kappa shape index (κ1) is 12.4. The van der Waals surface area contributed by atoms with Crippen molar-refractivity contribution in [2.24, 2.45) is 5.92 Å². The molecule has 0 saturated heterocycles. The Morgan fingerprint density at radius 3 is 2.82 bits per heavy atom. The second-order valence-electron chi connectivity index (χ2n) is 4.41. The first-order valence-corrected chi connectivity index (χ1v) is 6.27. The highest BCUT2D eigenvalue weighted by molar-refractivity contribution is 7.80. The van der Waals surface area contributed by atoms with E-state index in [2.05, 4.69) is 12.6 Å². The van der Waals surface area contributed by atoms with Gasteiger partial charge >= 0.3 is 5.97 Å². The largest absolute Gasteiger partial charge is 0.462 e. The first-order chi connectivity index (χ1) is 8.16. The fourth-order valence-corrected chi connectivity index (χ4v) is 2.32. The molecule has 0 atom stereocenters. The minimum Gasteiger partial charge on any atom is -0.462 e. The van der Waals surface area contributed by atoms with Crippen LogP contribution < -0.4 is 0 Å². The van der Waals surface area contributed by atoms with Gasteiger partial charge in [-0.25, -0.2) is 9.18 Å². The number of benzene rings is 1. The number of esters is 1. The monoisotopic (exact) mass is 254 g/mol. The lowest BCUT2D eigenvalue weighted by atomic mass is 10.1. The molecule has 1 aromatic carbocycles. The van der Waals surface area contributed by atoms with E-state index >= 15 is 0 Å². The summed E-state index contributed by atoms with van der Waals surface area (Å²) in [5.41, 5.74) is -0.0319. The van der Waals surface area contributed by atoms with Crippen LogP contribution in [0.3, 0.4) is 0 Å². The summed E-state index contributed by atoms with van der Waals surface area (Å²) < 4.78 is 18.5. The molecule has 0 aliphatic heterocycles. The van der Waals surface area contributed by atoms with Crippen LogP contribution in [0.15, 0.2) is 23.1 Å². The molecular weight excluding hydrogens is 239 g/mol. The maximum Gasteiger partial charge on any atom is 0.341 e. The second kappa shape index (κ2) is 5.54. The normalized spacial score (nSPS) is 16.1. The molecule has 1 aliphatic carbocycles. The van der Waals surface area contributed by atoms with E-state index in [9.17, 15) is 9.18 Å². The van der Waals surface area contributed by atoms with Crippen LogP contribution in [-0.2, 0) is 4.74 Å². The van der Waals surface area contributed by atoms with Gasteiger partial charge in [0.15, 0.2) is 0 Å². The molecule has 0 heterocycles. The van der Waals surface area contributed by atoms with Gasteiger partial charge in [-0.3, -0.25) is 0 Å². The highest BCUT2D eigenvalue weighted by Crippen LogP contribution is 2.25. The first-order valence-electron chi connectivity index (χ1n) is 5.82. The summed E-state index contributed by atoms with van der Waals surface area (Å²) in [4.78, 5) is 12.2. The minimum absolute atomic E-state index is 0.0319. The molecule has 0 amide bonds. The molecule has 17 heavy (non-hydrogen) atoms. The van der Waals surface area contributed by atoms with Gasteiger partial charge in [0.2, 0.25) is 0 Å². The van der Waals surface area contributed by atoms with Gasteiger partial charge in [0, 0.05) is 4.90 Å². The van der Waals surface area contributed by atoms with Crippen molar-refractivity contribution in [3.05, 3.63) is 29.6 Å². The molecule has 1 fully saturated rings. The van der Waals surface area contributed by atoms with Crippen molar-refractivity contribution >= 4 is 18.6 Å². The quantitative estimate of drug-likeness (QED) is 0.660. The maximum absolute atomic E-state index is 13.4. The summed E-state index contributed by atoms with van der Waals surface area (Å²) >= 11 is 4.08. The Balaban J connectivity index is 1.96. The number of rotatable bonds is 3. The third-order valence-corrected chi connectivity index (χ3v) is 3.37. The Bertz CT molecular complexity index is 414. The van der Waals surface area contributed by atoms with Crippen molar-refractivity contribution in [1.29, 1.82) is 0 Å². The van der Waals surface area contributed by atoms with Crippen molar-refractivity contribution < 1.29 is 13.9 Å². The van der Waals surface area contributed by atoms with E-state index in [1.54, 1.807) is 0 Å². The fourth-order valence-electron chi connectivity index (χ4n) is 2.12. The summed E-state index contributed by atoms with van der Waals surface area (Å²) in [5, 5.41) is 0. The lowest BCUT2D eigenvalue weighted by Gasteiger charge is -2.10. The lowest BCUT2D eigenvalue weighted by Crippen LogP contribution is -2.13. The van der Waals surface area contributed by atoms with Gasteiger partial charge in [0.25, 0.3) is 0 Å². The van der Waals surface area contributed by atoms with Crippen molar-refractivity contribution in [1.82, 2.24) is 0 Å². The van der Waals surface area contributed by atoms with Gasteiger partial charge < -0.3 is 4.74 Å². The van der Waals surface area contributed by atoms with Gasteiger partial charge in [0.1, 0.15) is 5.82 Å². The summed E-state index contributed by atoms with van der Waals surface area (Å²) in [7, 11) is 0. The highest BCUT2D eigenvalue weighted by atomic mass is 32.1. The third kappa shape index (κ3) is 3.22. The van der Waals surface area contributed by atoms with Crippen molar-refractivity contribution in [2.75, 3.05) is 6.61 Å². The van der Waals surface area contributed by atoms with Gasteiger partial charge in [-0.2, -0.15) is 0 Å². The fraction of sp³-hybridized carbons (Fsp3) is 0.462. The average Bonchev–Trinajstić information content (AvgIpc) is 2.82. The van der Waals surface area contributed by atoms with E-state index in [0.29, 0.717) is 17.4 Å². The van der Waals surface area contributed by atoms with E-state index in [4.69, 9.17) is 4.74 Å². The molecule has 0 unspecified atom stereocenters. The van der Waals surface area contributed by atoms with Crippen LogP contribution in [0.5, 0.6) is 0 Å². The Labute approximate surface area is 106 Å². The van der Waals surface area contributed by atoms with Crippen LogP contribution in [0, 0.1) is 11.7 Å². The topological polar surface area (TPSA) is 26.3 Å². The Morgan fingerprint density at radius 1 is 1.41 bits per heavy atom. The van der Waals surface area contributed by atoms with Crippen LogP contribution in [0.4, 0.5) is 4.39 Å². The molecule has 0 spiro atoms. The molecule has 92 valence electrons. The summed E-state index contributed by atoms with van der Waals surface area (Å²) in [6.07, 6.45) is 4.59. The van der Waals surface area contributed by atoms with Gasteiger partial charge in [-0.05, 0) is 37.0 Å². The second-order valence-corrected chi connectivity index (χ2v) is 4.93. The number of carbonyl (C=O) groups is 1. The van der Waals surface area contributed by atoms with Crippen molar-refractivity contribution in [2.45, 2.75) is 30.6 Å². The van der Waals surface area contributed by atoms with E-state index in [0.717, 1.165) is 12.8 Å². The van der Waals surface area contributed by atoms with E-state index in [-0.39, 0.29) is 5.56 Å². The summed E-state index contributed by atoms with van der Waals surface area (Å²) in [6.45, 7) is 0.398. The molecule has 1 aliphatic rings. The number of halogens is 1. The van der Waals surface area contributed by atoms with Crippen LogP contribution >= 0.6 is 12.6 Å². The maximum atomic E-state index is 13.4. The molecule has 0 bridgehead atoms. The van der Waals surface area contributed by atoms with Crippen molar-refractivity contribution in [3.8, 4) is 0 Å².